The lowest BCUT2D eigenvalue weighted by Crippen LogP contribution is -3.11. The van der Waals surface area contributed by atoms with Crippen molar-refractivity contribution in [3.63, 3.8) is 0 Å². The summed E-state index contributed by atoms with van der Waals surface area (Å²) in [5, 5.41) is 3.90. The molecule has 1 saturated heterocycles. The highest BCUT2D eigenvalue weighted by molar-refractivity contribution is 6.35. The predicted molar refractivity (Wildman–Crippen MR) is 105 cm³/mol. The van der Waals surface area contributed by atoms with Gasteiger partial charge in [0, 0.05) is 23.4 Å². The standard InChI is InChI=1S/C20H20Cl2N2O3/c21-14-4-5-15(22)16(11-14)23-20(25)12-24-7-1-2-17(24)13-3-6-18-19(10-13)27-9-8-26-18/h3-6,10-11,17H,1-2,7-9,12H2,(H,23,25)/p+1/t17-/m0/s1. The van der Waals surface area contributed by atoms with Gasteiger partial charge in [-0.2, -0.15) is 0 Å². The van der Waals surface area contributed by atoms with Gasteiger partial charge in [-0.3, -0.25) is 4.79 Å². The van der Waals surface area contributed by atoms with Crippen LogP contribution < -0.4 is 19.7 Å². The Bertz CT molecular complexity index is 859. The van der Waals surface area contributed by atoms with Gasteiger partial charge in [0.15, 0.2) is 18.0 Å². The van der Waals surface area contributed by atoms with Gasteiger partial charge in [-0.15, -0.1) is 0 Å². The highest BCUT2D eigenvalue weighted by atomic mass is 35.5. The molecule has 1 fully saturated rings. The summed E-state index contributed by atoms with van der Waals surface area (Å²) in [7, 11) is 0. The summed E-state index contributed by atoms with van der Waals surface area (Å²) >= 11 is 12.1. The van der Waals surface area contributed by atoms with Gasteiger partial charge in [-0.1, -0.05) is 23.2 Å². The van der Waals surface area contributed by atoms with E-state index in [1.54, 1.807) is 18.2 Å². The van der Waals surface area contributed by atoms with E-state index in [-0.39, 0.29) is 11.9 Å². The Morgan fingerprint density at radius 2 is 1.93 bits per heavy atom. The summed E-state index contributed by atoms with van der Waals surface area (Å²) in [5.41, 5.74) is 1.73. The van der Waals surface area contributed by atoms with Gasteiger partial charge in [-0.25, -0.2) is 0 Å². The Labute approximate surface area is 168 Å². The molecule has 5 nitrogen and oxygen atoms in total. The van der Waals surface area contributed by atoms with Crippen LogP contribution in [0, 0.1) is 0 Å². The highest BCUT2D eigenvalue weighted by Gasteiger charge is 2.32. The Hall–Kier alpha value is -1.95. The number of carbonyl (C=O) groups excluding carboxylic acids is 1. The second kappa shape index (κ2) is 7.97. The molecule has 0 saturated carbocycles. The molecule has 0 spiro atoms. The number of amides is 1. The minimum atomic E-state index is -0.0707. The molecule has 2 N–H and O–H groups in total. The van der Waals surface area contributed by atoms with Gasteiger partial charge in [0.1, 0.15) is 19.3 Å². The lowest BCUT2D eigenvalue weighted by Gasteiger charge is -2.24. The van der Waals surface area contributed by atoms with Crippen molar-refractivity contribution < 1.29 is 19.2 Å². The first kappa shape index (κ1) is 18.4. The van der Waals surface area contributed by atoms with Crippen molar-refractivity contribution in [1.29, 1.82) is 0 Å². The van der Waals surface area contributed by atoms with Gasteiger partial charge in [0.25, 0.3) is 5.91 Å². The van der Waals surface area contributed by atoms with E-state index in [0.29, 0.717) is 35.5 Å². The summed E-state index contributed by atoms with van der Waals surface area (Å²) in [4.78, 5) is 13.8. The third-order valence-electron chi connectivity index (χ3n) is 5.04. The summed E-state index contributed by atoms with van der Waals surface area (Å²) in [6.45, 7) is 2.48. The number of halogens is 2. The van der Waals surface area contributed by atoms with Crippen LogP contribution in [0.15, 0.2) is 36.4 Å². The van der Waals surface area contributed by atoms with Gasteiger partial charge in [0.2, 0.25) is 0 Å². The smallest absolute Gasteiger partial charge is 0.279 e. The summed E-state index contributed by atoms with van der Waals surface area (Å²) in [6, 6.07) is 11.4. The quantitative estimate of drug-likeness (QED) is 0.818. The first-order valence-electron chi connectivity index (χ1n) is 9.09. The fourth-order valence-corrected chi connectivity index (χ4v) is 4.13. The Morgan fingerprint density at radius 3 is 2.78 bits per heavy atom. The number of fused-ring (bicyclic) bond motifs is 1. The number of ether oxygens (including phenoxy) is 2. The van der Waals surface area contributed by atoms with Gasteiger partial charge in [-0.05, 0) is 36.4 Å². The van der Waals surface area contributed by atoms with E-state index in [4.69, 9.17) is 32.7 Å². The largest absolute Gasteiger partial charge is 0.486 e. The van der Waals surface area contributed by atoms with E-state index in [0.717, 1.165) is 30.9 Å². The van der Waals surface area contributed by atoms with Gasteiger partial charge < -0.3 is 19.7 Å². The molecule has 2 aromatic carbocycles. The number of likely N-dealkylation sites (tertiary alicyclic amines) is 1. The maximum atomic E-state index is 12.6. The van der Waals surface area contributed by atoms with E-state index in [9.17, 15) is 4.79 Å². The first-order chi connectivity index (χ1) is 13.1. The number of anilines is 1. The molecule has 7 heteroatoms. The van der Waals surface area contributed by atoms with Gasteiger partial charge in [0.05, 0.1) is 17.3 Å². The summed E-state index contributed by atoms with van der Waals surface area (Å²) < 4.78 is 11.3. The predicted octanol–water partition coefficient (Wildman–Crippen LogP) is 3.12. The Balaban J connectivity index is 1.45. The number of benzene rings is 2. The number of carbonyl (C=O) groups is 1. The maximum absolute atomic E-state index is 12.6. The Kier molecular flexibility index (Phi) is 5.43. The molecule has 142 valence electrons. The van der Waals surface area contributed by atoms with E-state index >= 15 is 0 Å². The molecule has 2 aromatic rings. The van der Waals surface area contributed by atoms with Gasteiger partial charge >= 0.3 is 0 Å². The number of rotatable bonds is 4. The number of quaternary nitrogens is 1. The van der Waals surface area contributed by atoms with Crippen LogP contribution in [0.3, 0.4) is 0 Å². The average Bonchev–Trinajstić information content (AvgIpc) is 3.12. The lowest BCUT2D eigenvalue weighted by molar-refractivity contribution is -0.910. The van der Waals surface area contributed by atoms with Crippen LogP contribution in [0.5, 0.6) is 11.5 Å². The van der Waals surface area contributed by atoms with Crippen molar-refractivity contribution in [3.8, 4) is 11.5 Å². The molecule has 0 bridgehead atoms. The van der Waals surface area contributed by atoms with Crippen molar-refractivity contribution in [1.82, 2.24) is 0 Å². The van der Waals surface area contributed by atoms with Crippen LogP contribution in [0.1, 0.15) is 24.4 Å². The molecule has 0 radical (unpaired) electrons. The summed E-state index contributed by atoms with van der Waals surface area (Å²) in [6.07, 6.45) is 2.12. The van der Waals surface area contributed by atoms with E-state index < -0.39 is 0 Å². The number of nitrogens with one attached hydrogen (secondary N) is 2. The average molecular weight is 408 g/mol. The molecular weight excluding hydrogens is 387 g/mol. The molecule has 2 aliphatic heterocycles. The van der Waals surface area contributed by atoms with Crippen molar-refractivity contribution >= 4 is 34.8 Å². The van der Waals surface area contributed by atoms with Crippen molar-refractivity contribution in [3.05, 3.63) is 52.0 Å². The van der Waals surface area contributed by atoms with Crippen molar-refractivity contribution in [2.45, 2.75) is 18.9 Å². The highest BCUT2D eigenvalue weighted by Crippen LogP contribution is 2.33. The van der Waals surface area contributed by atoms with Crippen LogP contribution in [-0.4, -0.2) is 32.2 Å². The molecule has 4 rings (SSSR count). The van der Waals surface area contributed by atoms with E-state index in [1.165, 1.54) is 10.5 Å². The summed E-state index contributed by atoms with van der Waals surface area (Å²) in [5.74, 6) is 1.51. The zero-order valence-corrected chi connectivity index (χ0v) is 16.3. The molecule has 2 atom stereocenters. The van der Waals surface area contributed by atoms with Crippen LogP contribution in [0.25, 0.3) is 0 Å². The third-order valence-corrected chi connectivity index (χ3v) is 5.61. The van der Waals surface area contributed by atoms with Crippen molar-refractivity contribution in [2.24, 2.45) is 0 Å². The fraction of sp³-hybridized carbons (Fsp3) is 0.350. The zero-order chi connectivity index (χ0) is 18.8. The molecule has 1 unspecified atom stereocenters. The van der Waals surface area contributed by atoms with E-state index in [1.807, 2.05) is 6.07 Å². The maximum Gasteiger partial charge on any atom is 0.279 e. The second-order valence-corrected chi connectivity index (χ2v) is 7.70. The normalized spacial score (nSPS) is 21.1. The minimum Gasteiger partial charge on any atom is -0.486 e. The molecule has 0 aromatic heterocycles. The number of hydrogen-bond acceptors (Lipinski definition) is 3. The van der Waals surface area contributed by atoms with Crippen LogP contribution >= 0.6 is 23.2 Å². The molecule has 2 aliphatic rings. The zero-order valence-electron chi connectivity index (χ0n) is 14.8. The minimum absolute atomic E-state index is 0.0707. The molecule has 0 aliphatic carbocycles. The molecule has 2 heterocycles. The molecule has 27 heavy (non-hydrogen) atoms. The molecular formula is C20H21Cl2N2O3+. The number of hydrogen-bond donors (Lipinski definition) is 2. The SMILES string of the molecule is O=C(C[NH+]1CCC[C@H]1c1ccc2c(c1)OCCO2)Nc1cc(Cl)ccc1Cl. The monoisotopic (exact) mass is 407 g/mol. The Morgan fingerprint density at radius 1 is 1.11 bits per heavy atom. The van der Waals surface area contributed by atoms with Crippen LogP contribution in [-0.2, 0) is 4.79 Å². The first-order valence-corrected chi connectivity index (χ1v) is 9.85. The lowest BCUT2D eigenvalue weighted by atomic mass is 10.0. The molecule has 1 amide bonds. The van der Waals surface area contributed by atoms with Crippen LogP contribution in [0.4, 0.5) is 5.69 Å². The topological polar surface area (TPSA) is 52.0 Å². The van der Waals surface area contributed by atoms with Crippen molar-refractivity contribution in [2.75, 3.05) is 31.6 Å². The second-order valence-electron chi connectivity index (χ2n) is 6.86. The van der Waals surface area contributed by atoms with E-state index in [2.05, 4.69) is 17.4 Å². The van der Waals surface area contributed by atoms with Crippen LogP contribution in [0.2, 0.25) is 10.0 Å². The fourth-order valence-electron chi connectivity index (χ4n) is 3.80. The third kappa shape index (κ3) is 4.15.